The molecule has 3 N–H and O–H groups in total. The fourth-order valence-corrected chi connectivity index (χ4v) is 2.90. The van der Waals surface area contributed by atoms with Gasteiger partial charge in [0.15, 0.2) is 0 Å². The van der Waals surface area contributed by atoms with Gasteiger partial charge < -0.3 is 16.0 Å². The largest absolute Gasteiger partial charge is 0.345 e. The predicted molar refractivity (Wildman–Crippen MR) is 114 cm³/mol. The quantitative estimate of drug-likeness (QED) is 0.642. The Labute approximate surface area is 172 Å². The molecule has 0 saturated heterocycles. The Morgan fingerprint density at radius 2 is 1.59 bits per heavy atom. The Hall–Kier alpha value is -3.15. The highest BCUT2D eigenvalue weighted by molar-refractivity contribution is 5.96. The lowest BCUT2D eigenvalue weighted by Gasteiger charge is -2.21. The fraction of sp³-hybridized carbons (Fsp3) is 0.348. The molecule has 0 radical (unpaired) electrons. The molecule has 0 aliphatic heterocycles. The number of anilines is 1. The summed E-state index contributed by atoms with van der Waals surface area (Å²) in [7, 11) is 0. The Morgan fingerprint density at radius 1 is 0.897 bits per heavy atom. The van der Waals surface area contributed by atoms with Crippen molar-refractivity contribution in [2.24, 2.45) is 5.92 Å². The van der Waals surface area contributed by atoms with Crippen LogP contribution in [0.25, 0.3) is 0 Å². The maximum atomic E-state index is 12.5. The van der Waals surface area contributed by atoms with Gasteiger partial charge in [0.05, 0.1) is 13.0 Å². The molecule has 0 aliphatic rings. The zero-order valence-electron chi connectivity index (χ0n) is 17.4. The highest BCUT2D eigenvalue weighted by Crippen LogP contribution is 2.17. The summed E-state index contributed by atoms with van der Waals surface area (Å²) in [4.78, 5) is 37.1. The van der Waals surface area contributed by atoms with Gasteiger partial charge in [0.1, 0.15) is 6.04 Å². The van der Waals surface area contributed by atoms with Crippen LogP contribution in [0.1, 0.15) is 30.5 Å². The first-order chi connectivity index (χ1) is 13.8. The summed E-state index contributed by atoms with van der Waals surface area (Å²) < 4.78 is 0. The van der Waals surface area contributed by atoms with Crippen LogP contribution in [-0.2, 0) is 20.8 Å². The molecule has 6 heteroatoms. The minimum absolute atomic E-state index is 0.114. The summed E-state index contributed by atoms with van der Waals surface area (Å²) in [5.41, 5.74) is 3.66. The first-order valence-electron chi connectivity index (χ1n) is 9.75. The zero-order chi connectivity index (χ0) is 21.4. The lowest BCUT2D eigenvalue weighted by Crippen LogP contribution is -2.51. The normalized spacial score (nSPS) is 11.6. The van der Waals surface area contributed by atoms with Gasteiger partial charge in [0.25, 0.3) is 0 Å². The summed E-state index contributed by atoms with van der Waals surface area (Å²) in [6.07, 6.45) is 0.199. The molecule has 0 saturated carbocycles. The number of carbonyl (C=O) groups excluding carboxylic acids is 3. The summed E-state index contributed by atoms with van der Waals surface area (Å²) >= 11 is 0. The lowest BCUT2D eigenvalue weighted by atomic mass is 10.0. The number of benzene rings is 2. The van der Waals surface area contributed by atoms with Crippen molar-refractivity contribution in [1.82, 2.24) is 10.6 Å². The molecule has 2 aromatic rings. The molecule has 0 bridgehead atoms. The Bertz CT molecular complexity index is 863. The van der Waals surface area contributed by atoms with E-state index in [1.54, 1.807) is 0 Å². The Balaban J connectivity index is 1.89. The monoisotopic (exact) mass is 395 g/mol. The van der Waals surface area contributed by atoms with Gasteiger partial charge in [-0.15, -0.1) is 0 Å². The van der Waals surface area contributed by atoms with Crippen LogP contribution >= 0.6 is 0 Å². The lowest BCUT2D eigenvalue weighted by molar-refractivity contribution is -0.130. The molecule has 0 fully saturated rings. The first-order valence-corrected chi connectivity index (χ1v) is 9.75. The van der Waals surface area contributed by atoms with Gasteiger partial charge in [0, 0.05) is 5.69 Å². The third-order valence-electron chi connectivity index (χ3n) is 4.78. The van der Waals surface area contributed by atoms with E-state index in [4.69, 9.17) is 0 Å². The molecule has 1 atom stereocenters. The fourth-order valence-electron chi connectivity index (χ4n) is 2.90. The molecule has 0 spiro atoms. The van der Waals surface area contributed by atoms with Crippen LogP contribution in [0.5, 0.6) is 0 Å². The average molecular weight is 396 g/mol. The Kier molecular flexibility index (Phi) is 7.95. The van der Waals surface area contributed by atoms with Crippen molar-refractivity contribution in [3.8, 4) is 0 Å². The van der Waals surface area contributed by atoms with E-state index in [2.05, 4.69) is 16.0 Å². The van der Waals surface area contributed by atoms with Gasteiger partial charge in [0.2, 0.25) is 17.7 Å². The van der Waals surface area contributed by atoms with Gasteiger partial charge in [-0.2, -0.15) is 0 Å². The van der Waals surface area contributed by atoms with Gasteiger partial charge in [-0.3, -0.25) is 14.4 Å². The van der Waals surface area contributed by atoms with E-state index in [0.717, 1.165) is 22.4 Å². The van der Waals surface area contributed by atoms with Crippen LogP contribution in [0.2, 0.25) is 0 Å². The number of rotatable bonds is 8. The molecule has 0 unspecified atom stereocenters. The van der Waals surface area contributed by atoms with Crippen LogP contribution < -0.4 is 16.0 Å². The second-order valence-corrected chi connectivity index (χ2v) is 7.47. The van der Waals surface area contributed by atoms with Crippen molar-refractivity contribution in [2.75, 3.05) is 11.9 Å². The third-order valence-corrected chi connectivity index (χ3v) is 4.78. The third kappa shape index (κ3) is 6.75. The van der Waals surface area contributed by atoms with Crippen molar-refractivity contribution in [2.45, 2.75) is 40.2 Å². The maximum absolute atomic E-state index is 12.5. The summed E-state index contributed by atoms with van der Waals surface area (Å²) in [6, 6.07) is 14.3. The molecule has 0 aliphatic carbocycles. The molecule has 3 amide bonds. The van der Waals surface area contributed by atoms with E-state index in [-0.39, 0.29) is 36.6 Å². The van der Waals surface area contributed by atoms with E-state index >= 15 is 0 Å². The molecule has 0 heterocycles. The second kappa shape index (κ2) is 10.4. The van der Waals surface area contributed by atoms with Crippen molar-refractivity contribution >= 4 is 23.4 Å². The number of aryl methyl sites for hydroxylation is 1. The second-order valence-electron chi connectivity index (χ2n) is 7.47. The standard InChI is InChI=1S/C23H29N3O3/c1-15(2)22(26-20(27)13-18-10-6-5-7-11-18)23(29)24-14-21(28)25-19-12-8-9-16(3)17(19)4/h5-12,15,22H,13-14H2,1-4H3,(H,24,29)(H,25,28)(H,26,27)/t22-/m0/s1. The van der Waals surface area contributed by atoms with E-state index in [1.807, 2.05) is 76.2 Å². The van der Waals surface area contributed by atoms with E-state index < -0.39 is 6.04 Å². The molecule has 154 valence electrons. The molecule has 0 aromatic heterocycles. The van der Waals surface area contributed by atoms with E-state index in [1.165, 1.54) is 0 Å². The van der Waals surface area contributed by atoms with Crippen LogP contribution in [0.15, 0.2) is 48.5 Å². The highest BCUT2D eigenvalue weighted by Gasteiger charge is 2.24. The van der Waals surface area contributed by atoms with Crippen molar-refractivity contribution in [1.29, 1.82) is 0 Å². The minimum Gasteiger partial charge on any atom is -0.345 e. The van der Waals surface area contributed by atoms with Gasteiger partial charge in [-0.25, -0.2) is 0 Å². The van der Waals surface area contributed by atoms with E-state index in [0.29, 0.717) is 0 Å². The number of hydrogen-bond donors (Lipinski definition) is 3. The number of amides is 3. The van der Waals surface area contributed by atoms with Crippen LogP contribution in [0.3, 0.4) is 0 Å². The van der Waals surface area contributed by atoms with Crippen molar-refractivity contribution in [3.05, 3.63) is 65.2 Å². The van der Waals surface area contributed by atoms with Gasteiger partial charge in [-0.05, 0) is 42.5 Å². The number of carbonyl (C=O) groups is 3. The molecule has 6 nitrogen and oxygen atoms in total. The molecular formula is C23H29N3O3. The summed E-state index contributed by atoms with van der Waals surface area (Å²) in [6.45, 7) is 7.44. The summed E-state index contributed by atoms with van der Waals surface area (Å²) in [5, 5.41) is 8.20. The molecular weight excluding hydrogens is 366 g/mol. The van der Waals surface area contributed by atoms with Gasteiger partial charge >= 0.3 is 0 Å². The smallest absolute Gasteiger partial charge is 0.243 e. The number of nitrogens with one attached hydrogen (secondary N) is 3. The zero-order valence-corrected chi connectivity index (χ0v) is 17.4. The topological polar surface area (TPSA) is 87.3 Å². The van der Waals surface area contributed by atoms with Crippen molar-refractivity contribution in [3.63, 3.8) is 0 Å². The summed E-state index contributed by atoms with van der Waals surface area (Å²) in [5.74, 6) is -1.04. The first kappa shape index (κ1) is 22.1. The SMILES string of the molecule is Cc1cccc(NC(=O)CNC(=O)[C@@H](NC(=O)Cc2ccccc2)C(C)C)c1C. The average Bonchev–Trinajstić information content (AvgIpc) is 2.68. The van der Waals surface area contributed by atoms with Crippen LogP contribution in [0.4, 0.5) is 5.69 Å². The Morgan fingerprint density at radius 3 is 2.24 bits per heavy atom. The number of hydrogen-bond acceptors (Lipinski definition) is 3. The minimum atomic E-state index is -0.709. The molecule has 2 aromatic carbocycles. The molecule has 2 rings (SSSR count). The van der Waals surface area contributed by atoms with Gasteiger partial charge in [-0.1, -0.05) is 56.3 Å². The van der Waals surface area contributed by atoms with Crippen LogP contribution in [0, 0.1) is 19.8 Å². The van der Waals surface area contributed by atoms with Crippen LogP contribution in [-0.4, -0.2) is 30.3 Å². The van der Waals surface area contributed by atoms with Crippen molar-refractivity contribution < 1.29 is 14.4 Å². The predicted octanol–water partition coefficient (Wildman–Crippen LogP) is 2.74. The molecule has 29 heavy (non-hydrogen) atoms. The highest BCUT2D eigenvalue weighted by atomic mass is 16.2. The van der Waals surface area contributed by atoms with E-state index in [9.17, 15) is 14.4 Å². The maximum Gasteiger partial charge on any atom is 0.243 e.